The normalized spacial score (nSPS) is 26.1. The Bertz CT molecular complexity index is 1230. The number of rotatable bonds is 2. The first-order valence-electron chi connectivity index (χ1n) is 10.5. The number of aromatic nitrogens is 2. The SMILES string of the molecule is Cc1cc2nc3c(nc2cc1C)C1(C(=O)Nc2ccccc2Br)CCC3(C)C1(C)C. The molecule has 4 nitrogen and oxygen atoms in total. The highest BCUT2D eigenvalue weighted by atomic mass is 79.9. The maximum absolute atomic E-state index is 13.9. The predicted octanol–water partition coefficient (Wildman–Crippen LogP) is 5.98. The largest absolute Gasteiger partial charge is 0.324 e. The summed E-state index contributed by atoms with van der Waals surface area (Å²) in [7, 11) is 0. The van der Waals surface area contributed by atoms with Crippen molar-refractivity contribution in [1.29, 1.82) is 0 Å². The second kappa shape index (κ2) is 6.13. The monoisotopic (exact) mass is 463 g/mol. The van der Waals surface area contributed by atoms with E-state index < -0.39 is 5.41 Å². The van der Waals surface area contributed by atoms with Crippen LogP contribution in [0.4, 0.5) is 5.69 Å². The molecule has 1 N–H and O–H groups in total. The molecule has 2 aliphatic carbocycles. The smallest absolute Gasteiger partial charge is 0.237 e. The number of halogens is 1. The van der Waals surface area contributed by atoms with Gasteiger partial charge in [0.25, 0.3) is 0 Å². The molecule has 2 aromatic carbocycles. The Labute approximate surface area is 185 Å². The summed E-state index contributed by atoms with van der Waals surface area (Å²) in [6.07, 6.45) is 1.71. The summed E-state index contributed by atoms with van der Waals surface area (Å²) in [5.74, 6) is 0.0133. The number of para-hydroxylation sites is 1. The van der Waals surface area contributed by atoms with Crippen LogP contribution in [0.2, 0.25) is 0 Å². The van der Waals surface area contributed by atoms with Gasteiger partial charge in [-0.25, -0.2) is 9.97 Å². The summed E-state index contributed by atoms with van der Waals surface area (Å²) < 4.78 is 0.877. The van der Waals surface area contributed by atoms with Crippen molar-refractivity contribution < 1.29 is 4.79 Å². The van der Waals surface area contributed by atoms with Crippen LogP contribution in [0.5, 0.6) is 0 Å². The fraction of sp³-hybridized carbons (Fsp3) is 0.400. The van der Waals surface area contributed by atoms with Gasteiger partial charge in [0.1, 0.15) is 0 Å². The van der Waals surface area contributed by atoms with Crippen LogP contribution in [0, 0.1) is 19.3 Å². The number of hydrogen-bond donors (Lipinski definition) is 1. The molecule has 154 valence electrons. The summed E-state index contributed by atoms with van der Waals surface area (Å²) in [5.41, 5.74) is 5.66. The summed E-state index contributed by atoms with van der Waals surface area (Å²) >= 11 is 3.56. The molecule has 3 aromatic rings. The average molecular weight is 464 g/mol. The van der Waals surface area contributed by atoms with Gasteiger partial charge in [-0.3, -0.25) is 4.79 Å². The molecule has 30 heavy (non-hydrogen) atoms. The van der Waals surface area contributed by atoms with Crippen LogP contribution in [0.3, 0.4) is 0 Å². The molecule has 2 unspecified atom stereocenters. The molecule has 1 fully saturated rings. The minimum absolute atomic E-state index is 0.0133. The van der Waals surface area contributed by atoms with Crippen molar-refractivity contribution in [2.75, 3.05) is 5.32 Å². The van der Waals surface area contributed by atoms with Crippen molar-refractivity contribution in [1.82, 2.24) is 9.97 Å². The Morgan fingerprint density at radius 2 is 1.57 bits per heavy atom. The molecule has 2 atom stereocenters. The average Bonchev–Trinajstić information content (AvgIpc) is 2.99. The van der Waals surface area contributed by atoms with Gasteiger partial charge in [-0.1, -0.05) is 32.9 Å². The van der Waals surface area contributed by atoms with Crippen molar-refractivity contribution in [2.24, 2.45) is 5.41 Å². The minimum Gasteiger partial charge on any atom is -0.324 e. The number of anilines is 1. The quantitative estimate of drug-likeness (QED) is 0.508. The Morgan fingerprint density at radius 1 is 0.967 bits per heavy atom. The van der Waals surface area contributed by atoms with Gasteiger partial charge in [-0.05, 0) is 83.4 Å². The first-order chi connectivity index (χ1) is 14.1. The summed E-state index contributed by atoms with van der Waals surface area (Å²) in [5, 5.41) is 3.20. The number of aryl methyl sites for hydroxylation is 2. The number of carbonyl (C=O) groups is 1. The zero-order valence-electron chi connectivity index (χ0n) is 18.1. The molecule has 0 radical (unpaired) electrons. The number of amides is 1. The topological polar surface area (TPSA) is 54.9 Å². The van der Waals surface area contributed by atoms with Gasteiger partial charge >= 0.3 is 0 Å². The van der Waals surface area contributed by atoms with E-state index in [0.717, 1.165) is 45.4 Å². The molecular weight excluding hydrogens is 438 g/mol. The van der Waals surface area contributed by atoms with E-state index in [-0.39, 0.29) is 16.7 Å². The second-order valence-electron chi connectivity index (χ2n) is 9.64. The van der Waals surface area contributed by atoms with Crippen LogP contribution in [-0.2, 0) is 15.6 Å². The van der Waals surface area contributed by atoms with Crippen molar-refractivity contribution in [3.05, 3.63) is 63.4 Å². The number of nitrogens with one attached hydrogen (secondary N) is 1. The fourth-order valence-electron chi connectivity index (χ4n) is 5.65. The van der Waals surface area contributed by atoms with Crippen LogP contribution in [0.15, 0.2) is 40.9 Å². The maximum Gasteiger partial charge on any atom is 0.237 e. The predicted molar refractivity (Wildman–Crippen MR) is 124 cm³/mol. The Morgan fingerprint density at radius 3 is 2.20 bits per heavy atom. The van der Waals surface area contributed by atoms with Crippen LogP contribution in [0.25, 0.3) is 11.0 Å². The number of nitrogens with zero attached hydrogens (tertiary/aromatic N) is 2. The van der Waals surface area contributed by atoms with Gasteiger partial charge in [-0.15, -0.1) is 0 Å². The molecule has 0 spiro atoms. The van der Waals surface area contributed by atoms with Crippen molar-refractivity contribution in [3.8, 4) is 0 Å². The highest BCUT2D eigenvalue weighted by Gasteiger charge is 2.73. The van der Waals surface area contributed by atoms with E-state index >= 15 is 0 Å². The minimum atomic E-state index is -0.702. The third kappa shape index (κ3) is 2.24. The number of carbonyl (C=O) groups excluding carboxylic acids is 1. The maximum atomic E-state index is 13.9. The van der Waals surface area contributed by atoms with E-state index in [1.807, 2.05) is 24.3 Å². The summed E-state index contributed by atoms with van der Waals surface area (Å²) in [6, 6.07) is 12.0. The van der Waals surface area contributed by atoms with Gasteiger partial charge in [-0.2, -0.15) is 0 Å². The lowest BCUT2D eigenvalue weighted by atomic mass is 9.63. The number of hydrogen-bond acceptors (Lipinski definition) is 3. The van der Waals surface area contributed by atoms with E-state index in [9.17, 15) is 4.79 Å². The second-order valence-corrected chi connectivity index (χ2v) is 10.5. The molecule has 0 saturated heterocycles. The summed E-state index contributed by atoms with van der Waals surface area (Å²) in [4.78, 5) is 24.1. The zero-order valence-corrected chi connectivity index (χ0v) is 19.6. The van der Waals surface area contributed by atoms with E-state index in [1.165, 1.54) is 11.1 Å². The van der Waals surface area contributed by atoms with Crippen molar-refractivity contribution in [2.45, 2.75) is 58.3 Å². The lowest BCUT2D eigenvalue weighted by Crippen LogP contribution is -2.48. The lowest BCUT2D eigenvalue weighted by molar-refractivity contribution is -0.125. The van der Waals surface area contributed by atoms with E-state index in [0.29, 0.717) is 0 Å². The van der Waals surface area contributed by atoms with E-state index in [1.54, 1.807) is 0 Å². The molecule has 1 saturated carbocycles. The molecule has 2 bridgehead atoms. The molecule has 2 aliphatic rings. The third-order valence-corrected chi connectivity index (χ3v) is 8.85. The number of fused-ring (bicyclic) bond motifs is 6. The van der Waals surface area contributed by atoms with Crippen molar-refractivity contribution in [3.63, 3.8) is 0 Å². The molecule has 5 heteroatoms. The van der Waals surface area contributed by atoms with Crippen LogP contribution >= 0.6 is 15.9 Å². The van der Waals surface area contributed by atoms with Crippen LogP contribution in [0.1, 0.15) is 56.1 Å². The first-order valence-corrected chi connectivity index (χ1v) is 11.3. The number of benzene rings is 2. The lowest BCUT2D eigenvalue weighted by Gasteiger charge is -2.39. The third-order valence-electron chi connectivity index (χ3n) is 8.16. The van der Waals surface area contributed by atoms with Crippen LogP contribution < -0.4 is 5.32 Å². The van der Waals surface area contributed by atoms with Crippen molar-refractivity contribution >= 4 is 38.6 Å². The molecule has 1 aromatic heterocycles. The van der Waals surface area contributed by atoms with Gasteiger partial charge in [0.15, 0.2) is 0 Å². The van der Waals surface area contributed by atoms with Gasteiger partial charge in [0, 0.05) is 9.89 Å². The van der Waals surface area contributed by atoms with E-state index in [4.69, 9.17) is 9.97 Å². The highest BCUT2D eigenvalue weighted by molar-refractivity contribution is 9.10. The molecule has 5 rings (SSSR count). The standard InChI is InChI=1S/C25H26BrN3O/c1-14-12-18-19(13-15(14)2)28-21-20(27-18)24(5)10-11-25(21,23(24,3)4)22(30)29-17-9-7-6-8-16(17)26/h6-9,12-13H,10-11H2,1-5H3,(H,29,30). The van der Waals surface area contributed by atoms with Gasteiger partial charge < -0.3 is 5.32 Å². The molecule has 1 amide bonds. The molecule has 0 aliphatic heterocycles. The fourth-order valence-corrected chi connectivity index (χ4v) is 6.04. The van der Waals surface area contributed by atoms with Gasteiger partial charge in [0.2, 0.25) is 5.91 Å². The first kappa shape index (κ1) is 19.7. The van der Waals surface area contributed by atoms with Gasteiger partial charge in [0.05, 0.1) is 33.5 Å². The van der Waals surface area contributed by atoms with E-state index in [2.05, 4.69) is 68.0 Å². The van der Waals surface area contributed by atoms with Crippen LogP contribution in [-0.4, -0.2) is 15.9 Å². The summed E-state index contributed by atoms with van der Waals surface area (Å²) in [6.45, 7) is 10.9. The Balaban J connectivity index is 1.73. The Hall–Kier alpha value is -2.27. The Kier molecular flexibility index (Phi) is 4.02. The zero-order chi connectivity index (χ0) is 21.5. The molecular formula is C25H26BrN3O. The molecule has 1 heterocycles. The highest BCUT2D eigenvalue weighted by Crippen LogP contribution is 2.70.